The lowest BCUT2D eigenvalue weighted by Crippen LogP contribution is -2.15. The third kappa shape index (κ3) is 4.60. The summed E-state index contributed by atoms with van der Waals surface area (Å²) in [5.74, 6) is 0.684. The molecule has 3 rings (SSSR count). The largest absolute Gasteiger partial charge is 0.388 e. The highest BCUT2D eigenvalue weighted by molar-refractivity contribution is 7.99. The van der Waals surface area contributed by atoms with E-state index in [4.69, 9.17) is 0 Å². The zero-order valence-corrected chi connectivity index (χ0v) is 12.9. The van der Waals surface area contributed by atoms with Crippen molar-refractivity contribution in [1.82, 2.24) is 5.32 Å². The molecular formula is C18H21NOS. The van der Waals surface area contributed by atoms with E-state index in [0.29, 0.717) is 5.75 Å². The Hall–Kier alpha value is -1.29. The topological polar surface area (TPSA) is 32.3 Å². The number of nitrogens with one attached hydrogen (secondary N) is 1. The first kappa shape index (κ1) is 14.6. The molecule has 1 unspecified atom stereocenters. The van der Waals surface area contributed by atoms with Gasteiger partial charge in [0.2, 0.25) is 0 Å². The first-order valence-electron chi connectivity index (χ1n) is 7.49. The van der Waals surface area contributed by atoms with Gasteiger partial charge in [-0.05, 0) is 36.1 Å². The van der Waals surface area contributed by atoms with Crippen molar-refractivity contribution < 1.29 is 5.11 Å². The van der Waals surface area contributed by atoms with Gasteiger partial charge in [-0.3, -0.25) is 0 Å². The van der Waals surface area contributed by atoms with Crippen molar-refractivity contribution in [3.63, 3.8) is 0 Å². The number of aliphatic hydroxyl groups is 1. The highest BCUT2D eigenvalue weighted by atomic mass is 32.2. The Labute approximate surface area is 130 Å². The highest BCUT2D eigenvalue weighted by Gasteiger charge is 2.19. The van der Waals surface area contributed by atoms with Crippen LogP contribution < -0.4 is 5.32 Å². The Morgan fingerprint density at radius 2 is 1.90 bits per heavy atom. The van der Waals surface area contributed by atoms with Crippen molar-refractivity contribution in [2.24, 2.45) is 0 Å². The van der Waals surface area contributed by atoms with Gasteiger partial charge in [-0.15, -0.1) is 11.8 Å². The molecule has 2 N–H and O–H groups in total. The fourth-order valence-electron chi connectivity index (χ4n) is 2.24. The van der Waals surface area contributed by atoms with Gasteiger partial charge in [0.15, 0.2) is 0 Å². The van der Waals surface area contributed by atoms with E-state index in [-0.39, 0.29) is 0 Å². The summed E-state index contributed by atoms with van der Waals surface area (Å²) in [6.45, 7) is 0.945. The van der Waals surface area contributed by atoms with Gasteiger partial charge in [0, 0.05) is 23.2 Å². The van der Waals surface area contributed by atoms with Gasteiger partial charge in [-0.25, -0.2) is 0 Å². The minimum Gasteiger partial charge on any atom is -0.388 e. The molecule has 0 amide bonds. The lowest BCUT2D eigenvalue weighted by molar-refractivity contribution is 0.204. The predicted molar refractivity (Wildman–Crippen MR) is 88.4 cm³/mol. The maximum absolute atomic E-state index is 10.2. The fourth-order valence-corrected chi connectivity index (χ4v) is 3.19. The molecule has 0 aliphatic heterocycles. The smallest absolute Gasteiger partial charge is 0.0883 e. The SMILES string of the molecule is OC(CSc1cccc(CNC2CC2)c1)c1ccccc1. The van der Waals surface area contributed by atoms with E-state index in [0.717, 1.165) is 18.2 Å². The van der Waals surface area contributed by atoms with E-state index >= 15 is 0 Å². The van der Waals surface area contributed by atoms with E-state index in [1.807, 2.05) is 30.3 Å². The first-order chi connectivity index (χ1) is 10.3. The van der Waals surface area contributed by atoms with E-state index in [1.165, 1.54) is 23.3 Å². The minimum absolute atomic E-state index is 0.413. The molecule has 2 nitrogen and oxygen atoms in total. The van der Waals surface area contributed by atoms with Gasteiger partial charge in [0.05, 0.1) is 6.10 Å². The number of thioether (sulfide) groups is 1. The Morgan fingerprint density at radius 1 is 1.10 bits per heavy atom. The molecule has 1 aliphatic rings. The average Bonchev–Trinajstić information content (AvgIpc) is 3.36. The molecule has 0 bridgehead atoms. The number of hydrogen-bond acceptors (Lipinski definition) is 3. The summed E-state index contributed by atoms with van der Waals surface area (Å²) in [5.41, 5.74) is 2.30. The van der Waals surface area contributed by atoms with Crippen molar-refractivity contribution in [1.29, 1.82) is 0 Å². The molecule has 0 aromatic heterocycles. The predicted octanol–water partition coefficient (Wildman–Crippen LogP) is 3.76. The van der Waals surface area contributed by atoms with Crippen molar-refractivity contribution >= 4 is 11.8 Å². The first-order valence-corrected chi connectivity index (χ1v) is 8.48. The second kappa shape index (κ2) is 7.12. The summed E-state index contributed by atoms with van der Waals surface area (Å²) in [4.78, 5) is 1.22. The van der Waals surface area contributed by atoms with Gasteiger partial charge in [0.1, 0.15) is 0 Å². The molecule has 1 saturated carbocycles. The second-order valence-electron chi connectivity index (χ2n) is 5.54. The quantitative estimate of drug-likeness (QED) is 0.763. The molecular weight excluding hydrogens is 278 g/mol. The summed E-state index contributed by atoms with van der Waals surface area (Å²) >= 11 is 1.71. The van der Waals surface area contributed by atoms with Crippen LogP contribution in [0.2, 0.25) is 0 Å². The van der Waals surface area contributed by atoms with Crippen LogP contribution in [0.5, 0.6) is 0 Å². The molecule has 1 aliphatic carbocycles. The number of aliphatic hydroxyl groups excluding tert-OH is 1. The van der Waals surface area contributed by atoms with Gasteiger partial charge < -0.3 is 10.4 Å². The number of hydrogen-bond donors (Lipinski definition) is 2. The zero-order chi connectivity index (χ0) is 14.5. The van der Waals surface area contributed by atoms with Crippen LogP contribution in [0.3, 0.4) is 0 Å². The van der Waals surface area contributed by atoms with Crippen LogP contribution in [0, 0.1) is 0 Å². The molecule has 0 heterocycles. The Morgan fingerprint density at radius 3 is 2.67 bits per heavy atom. The van der Waals surface area contributed by atoms with Gasteiger partial charge >= 0.3 is 0 Å². The fraction of sp³-hybridized carbons (Fsp3) is 0.333. The van der Waals surface area contributed by atoms with Crippen LogP contribution >= 0.6 is 11.8 Å². The maximum Gasteiger partial charge on any atom is 0.0883 e. The average molecular weight is 299 g/mol. The van der Waals surface area contributed by atoms with E-state index in [9.17, 15) is 5.11 Å². The molecule has 0 saturated heterocycles. The monoisotopic (exact) mass is 299 g/mol. The van der Waals surface area contributed by atoms with Crippen molar-refractivity contribution in [2.45, 2.75) is 36.4 Å². The Bertz CT molecular complexity index is 568. The molecule has 1 atom stereocenters. The highest BCUT2D eigenvalue weighted by Crippen LogP contribution is 2.26. The summed E-state index contributed by atoms with van der Waals surface area (Å²) in [5, 5.41) is 13.7. The zero-order valence-electron chi connectivity index (χ0n) is 12.0. The summed E-state index contributed by atoms with van der Waals surface area (Å²) in [6.07, 6.45) is 2.22. The minimum atomic E-state index is -0.413. The molecule has 110 valence electrons. The normalized spacial score (nSPS) is 15.9. The Balaban J connectivity index is 1.53. The molecule has 21 heavy (non-hydrogen) atoms. The van der Waals surface area contributed by atoms with E-state index in [2.05, 4.69) is 29.6 Å². The van der Waals surface area contributed by atoms with Crippen LogP contribution in [0.4, 0.5) is 0 Å². The molecule has 2 aromatic carbocycles. The van der Waals surface area contributed by atoms with Crippen molar-refractivity contribution in [3.8, 4) is 0 Å². The summed E-state index contributed by atoms with van der Waals surface area (Å²) in [6, 6.07) is 19.2. The molecule has 2 aromatic rings. The second-order valence-corrected chi connectivity index (χ2v) is 6.63. The van der Waals surface area contributed by atoms with Crippen molar-refractivity contribution in [2.75, 3.05) is 5.75 Å². The lowest BCUT2D eigenvalue weighted by Gasteiger charge is -2.11. The molecule has 0 spiro atoms. The van der Waals surface area contributed by atoms with E-state index < -0.39 is 6.10 Å². The summed E-state index contributed by atoms with van der Waals surface area (Å²) in [7, 11) is 0. The summed E-state index contributed by atoms with van der Waals surface area (Å²) < 4.78 is 0. The van der Waals surface area contributed by atoms with Crippen LogP contribution in [0.25, 0.3) is 0 Å². The molecule has 0 radical (unpaired) electrons. The van der Waals surface area contributed by atoms with Gasteiger partial charge in [0.25, 0.3) is 0 Å². The maximum atomic E-state index is 10.2. The van der Waals surface area contributed by atoms with Crippen LogP contribution in [0.1, 0.15) is 30.1 Å². The standard InChI is InChI=1S/C18H21NOS/c20-18(15-6-2-1-3-7-15)13-21-17-8-4-5-14(11-17)12-19-16-9-10-16/h1-8,11,16,18-20H,9-10,12-13H2. The lowest BCUT2D eigenvalue weighted by atomic mass is 10.1. The third-order valence-corrected chi connectivity index (χ3v) is 4.73. The van der Waals surface area contributed by atoms with Gasteiger partial charge in [-0.2, -0.15) is 0 Å². The third-order valence-electron chi connectivity index (χ3n) is 3.66. The number of benzene rings is 2. The van der Waals surface area contributed by atoms with Gasteiger partial charge in [-0.1, -0.05) is 42.5 Å². The van der Waals surface area contributed by atoms with Crippen molar-refractivity contribution in [3.05, 3.63) is 65.7 Å². The number of rotatable bonds is 7. The van der Waals surface area contributed by atoms with E-state index in [1.54, 1.807) is 11.8 Å². The molecule has 1 fully saturated rings. The Kier molecular flexibility index (Phi) is 4.96. The van der Waals surface area contributed by atoms with Crippen LogP contribution in [0.15, 0.2) is 59.5 Å². The van der Waals surface area contributed by atoms with Crippen LogP contribution in [-0.2, 0) is 6.54 Å². The molecule has 3 heteroatoms. The van der Waals surface area contributed by atoms with Crippen LogP contribution in [-0.4, -0.2) is 16.9 Å².